The van der Waals surface area contributed by atoms with Crippen LogP contribution in [-0.4, -0.2) is 26.2 Å². The Kier molecular flexibility index (Phi) is 2.34. The second kappa shape index (κ2) is 3.86. The van der Waals surface area contributed by atoms with Gasteiger partial charge >= 0.3 is 0 Å². The molecule has 86 valence electrons. The predicted molar refractivity (Wildman–Crippen MR) is 67.5 cm³/mol. The van der Waals surface area contributed by atoms with Crippen molar-refractivity contribution in [2.24, 2.45) is 0 Å². The van der Waals surface area contributed by atoms with Crippen molar-refractivity contribution < 1.29 is 9.53 Å². The Morgan fingerprint density at radius 2 is 1.94 bits per heavy atom. The first kappa shape index (κ1) is 10.3. The van der Waals surface area contributed by atoms with Crippen molar-refractivity contribution in [3.8, 4) is 0 Å². The van der Waals surface area contributed by atoms with E-state index in [4.69, 9.17) is 4.74 Å². The Morgan fingerprint density at radius 1 is 1.18 bits per heavy atom. The third-order valence-electron chi connectivity index (χ3n) is 3.17. The lowest BCUT2D eigenvalue weighted by molar-refractivity contribution is 0.0982. The van der Waals surface area contributed by atoms with Crippen molar-refractivity contribution in [2.45, 2.75) is 0 Å². The molecule has 0 aliphatic carbocycles. The van der Waals surface area contributed by atoms with Crippen LogP contribution in [0.5, 0.6) is 0 Å². The number of rotatable bonds is 3. The maximum atomic E-state index is 12.3. The molecule has 0 spiro atoms. The van der Waals surface area contributed by atoms with Gasteiger partial charge in [0.25, 0.3) is 5.91 Å². The third-order valence-corrected chi connectivity index (χ3v) is 3.17. The van der Waals surface area contributed by atoms with Crippen molar-refractivity contribution in [1.82, 2.24) is 0 Å². The van der Waals surface area contributed by atoms with Crippen molar-refractivity contribution in [3.05, 3.63) is 42.0 Å². The Hall–Kier alpha value is -1.87. The van der Waals surface area contributed by atoms with Gasteiger partial charge in [0.05, 0.1) is 12.3 Å². The smallest absolute Gasteiger partial charge is 0.259 e. The number of carbonyl (C=O) groups is 1. The molecule has 0 saturated heterocycles. The van der Waals surface area contributed by atoms with Crippen molar-refractivity contribution in [3.63, 3.8) is 0 Å². The summed E-state index contributed by atoms with van der Waals surface area (Å²) in [6.45, 7) is 1.15. The molecule has 0 bridgehead atoms. The van der Waals surface area contributed by atoms with E-state index in [1.165, 1.54) is 0 Å². The zero-order valence-corrected chi connectivity index (χ0v) is 9.64. The van der Waals surface area contributed by atoms with Crippen LogP contribution in [-0.2, 0) is 4.74 Å². The molecule has 3 heteroatoms. The lowest BCUT2D eigenvalue weighted by Gasteiger charge is -2.16. The molecule has 3 nitrogen and oxygen atoms in total. The van der Waals surface area contributed by atoms with Crippen LogP contribution in [0.15, 0.2) is 36.4 Å². The number of methoxy groups -OCH3 is 1. The molecule has 1 aliphatic heterocycles. The second-order valence-electron chi connectivity index (χ2n) is 4.13. The van der Waals surface area contributed by atoms with Crippen LogP contribution in [0, 0.1) is 0 Å². The molecule has 3 rings (SSSR count). The lowest BCUT2D eigenvalue weighted by Crippen LogP contribution is -2.30. The Bertz CT molecular complexity index is 587. The Morgan fingerprint density at radius 3 is 2.71 bits per heavy atom. The number of benzene rings is 2. The first-order chi connectivity index (χ1) is 8.33. The van der Waals surface area contributed by atoms with E-state index in [2.05, 4.69) is 0 Å². The highest BCUT2D eigenvalue weighted by Crippen LogP contribution is 2.36. The molecule has 0 N–H and O–H groups in total. The molecule has 0 fully saturated rings. The minimum atomic E-state index is 0.0776. The molecular formula is C14H13NO2. The molecule has 2 aromatic rings. The topological polar surface area (TPSA) is 29.5 Å². The zero-order valence-electron chi connectivity index (χ0n) is 9.64. The first-order valence-corrected chi connectivity index (χ1v) is 5.65. The molecule has 0 aromatic heterocycles. The third kappa shape index (κ3) is 1.43. The maximum Gasteiger partial charge on any atom is 0.259 e. The van der Waals surface area contributed by atoms with E-state index in [1.807, 2.05) is 36.4 Å². The van der Waals surface area contributed by atoms with Gasteiger partial charge in [0.15, 0.2) is 0 Å². The van der Waals surface area contributed by atoms with Crippen molar-refractivity contribution in [1.29, 1.82) is 0 Å². The predicted octanol–water partition coefficient (Wildman–Crippen LogP) is 2.45. The fraction of sp³-hybridized carbons (Fsp3) is 0.214. The van der Waals surface area contributed by atoms with Gasteiger partial charge in [-0.25, -0.2) is 0 Å². The standard InChI is InChI=1S/C14H13NO2/c1-17-9-8-15-12-7-3-5-10-4-2-6-11(13(10)12)14(15)16/h2-7H,8-9H2,1H3. The summed E-state index contributed by atoms with van der Waals surface area (Å²) in [6.07, 6.45) is 0. The largest absolute Gasteiger partial charge is 0.383 e. The van der Waals surface area contributed by atoms with E-state index in [0.29, 0.717) is 13.2 Å². The summed E-state index contributed by atoms with van der Waals surface area (Å²) < 4.78 is 5.05. The molecule has 1 amide bonds. The number of hydrogen-bond acceptors (Lipinski definition) is 2. The average Bonchev–Trinajstić information content (AvgIpc) is 2.64. The van der Waals surface area contributed by atoms with Crippen LogP contribution in [0.2, 0.25) is 0 Å². The molecule has 0 atom stereocenters. The Labute approximate surface area is 99.6 Å². The van der Waals surface area contributed by atoms with E-state index in [1.54, 1.807) is 12.0 Å². The SMILES string of the molecule is COCCN1C(=O)c2cccc3cccc1c23. The van der Waals surface area contributed by atoms with Crippen molar-refractivity contribution in [2.75, 3.05) is 25.2 Å². The number of anilines is 1. The minimum absolute atomic E-state index is 0.0776. The number of hydrogen-bond donors (Lipinski definition) is 0. The van der Waals surface area contributed by atoms with E-state index in [9.17, 15) is 4.79 Å². The Balaban J connectivity index is 2.17. The molecule has 1 heterocycles. The maximum absolute atomic E-state index is 12.3. The van der Waals surface area contributed by atoms with E-state index in [0.717, 1.165) is 22.0 Å². The van der Waals surface area contributed by atoms with Crippen LogP contribution in [0.25, 0.3) is 10.8 Å². The summed E-state index contributed by atoms with van der Waals surface area (Å²) in [7, 11) is 1.65. The van der Waals surface area contributed by atoms with E-state index >= 15 is 0 Å². The van der Waals surface area contributed by atoms with Gasteiger partial charge in [-0.2, -0.15) is 0 Å². The quantitative estimate of drug-likeness (QED) is 0.806. The number of ether oxygens (including phenoxy) is 1. The number of amides is 1. The molecular weight excluding hydrogens is 214 g/mol. The van der Waals surface area contributed by atoms with Gasteiger partial charge in [-0.15, -0.1) is 0 Å². The van der Waals surface area contributed by atoms with Crippen LogP contribution in [0.4, 0.5) is 5.69 Å². The number of carbonyl (C=O) groups excluding carboxylic acids is 1. The van der Waals surface area contributed by atoms with Crippen LogP contribution in [0.1, 0.15) is 10.4 Å². The second-order valence-corrected chi connectivity index (χ2v) is 4.13. The average molecular weight is 227 g/mol. The van der Waals surface area contributed by atoms with E-state index in [-0.39, 0.29) is 5.91 Å². The van der Waals surface area contributed by atoms with Gasteiger partial charge in [-0.05, 0) is 17.5 Å². The highest BCUT2D eigenvalue weighted by Gasteiger charge is 2.28. The normalized spacial score (nSPS) is 13.7. The minimum Gasteiger partial charge on any atom is -0.383 e. The van der Waals surface area contributed by atoms with Crippen LogP contribution < -0.4 is 4.90 Å². The molecule has 1 aliphatic rings. The summed E-state index contributed by atoms with van der Waals surface area (Å²) in [6, 6.07) is 11.9. The highest BCUT2D eigenvalue weighted by molar-refractivity contribution is 6.24. The molecule has 0 saturated carbocycles. The zero-order chi connectivity index (χ0) is 11.8. The van der Waals surface area contributed by atoms with Crippen LogP contribution >= 0.6 is 0 Å². The first-order valence-electron chi connectivity index (χ1n) is 5.65. The van der Waals surface area contributed by atoms with Gasteiger partial charge in [-0.1, -0.05) is 24.3 Å². The summed E-state index contributed by atoms with van der Waals surface area (Å²) in [4.78, 5) is 14.0. The van der Waals surface area contributed by atoms with E-state index < -0.39 is 0 Å². The molecule has 0 radical (unpaired) electrons. The van der Waals surface area contributed by atoms with Gasteiger partial charge in [0.2, 0.25) is 0 Å². The molecule has 0 unspecified atom stereocenters. The molecule has 2 aromatic carbocycles. The summed E-state index contributed by atoms with van der Waals surface area (Å²) >= 11 is 0. The van der Waals surface area contributed by atoms with Crippen LogP contribution in [0.3, 0.4) is 0 Å². The summed E-state index contributed by atoms with van der Waals surface area (Å²) in [5, 5.41) is 2.18. The summed E-state index contributed by atoms with van der Waals surface area (Å²) in [5.41, 5.74) is 1.80. The fourth-order valence-corrected chi connectivity index (χ4v) is 2.38. The van der Waals surface area contributed by atoms with Gasteiger partial charge in [0, 0.05) is 24.6 Å². The highest BCUT2D eigenvalue weighted by atomic mass is 16.5. The van der Waals surface area contributed by atoms with Gasteiger partial charge in [0.1, 0.15) is 0 Å². The van der Waals surface area contributed by atoms with Crippen molar-refractivity contribution >= 4 is 22.4 Å². The van der Waals surface area contributed by atoms with Gasteiger partial charge < -0.3 is 9.64 Å². The lowest BCUT2D eigenvalue weighted by atomic mass is 10.1. The summed E-state index contributed by atoms with van der Waals surface area (Å²) in [5.74, 6) is 0.0776. The fourth-order valence-electron chi connectivity index (χ4n) is 2.38. The monoisotopic (exact) mass is 227 g/mol. The number of nitrogens with zero attached hydrogens (tertiary/aromatic N) is 1. The molecule has 17 heavy (non-hydrogen) atoms. The van der Waals surface area contributed by atoms with Gasteiger partial charge in [-0.3, -0.25) is 4.79 Å².